The van der Waals surface area contributed by atoms with Gasteiger partial charge in [-0.15, -0.1) is 0 Å². The topological polar surface area (TPSA) is 70.6 Å². The number of halogens is 2. The van der Waals surface area contributed by atoms with Crippen molar-refractivity contribution in [2.24, 2.45) is 5.92 Å². The highest BCUT2D eigenvalue weighted by molar-refractivity contribution is 6.42. The third kappa shape index (κ3) is 5.23. The third-order valence-corrected chi connectivity index (χ3v) is 5.73. The number of aliphatic hydroxyl groups excluding tert-OH is 1. The smallest absolute Gasteiger partial charge is 0.220 e. The largest absolute Gasteiger partial charge is 0.489 e. The first kappa shape index (κ1) is 18.8. The lowest BCUT2D eigenvalue weighted by Crippen LogP contribution is -2.41. The Labute approximate surface area is 158 Å². The number of fused-ring (bicyclic) bond motifs is 2. The van der Waals surface area contributed by atoms with Gasteiger partial charge in [-0.2, -0.15) is 0 Å². The summed E-state index contributed by atoms with van der Waals surface area (Å²) in [5, 5.41) is 17.1. The van der Waals surface area contributed by atoms with E-state index in [2.05, 4.69) is 10.6 Å². The van der Waals surface area contributed by atoms with Crippen LogP contribution in [0.15, 0.2) is 18.2 Å². The Hall–Kier alpha value is -1.01. The SMILES string of the molecule is O=C(CC1CC2CCC(C1)N2)NCC(O)COc1cccc(Cl)c1Cl. The Balaban J connectivity index is 1.36. The van der Waals surface area contributed by atoms with Crippen LogP contribution < -0.4 is 15.4 Å². The van der Waals surface area contributed by atoms with Crippen LogP contribution in [-0.2, 0) is 4.79 Å². The molecule has 0 aliphatic carbocycles. The first-order valence-corrected chi connectivity index (χ1v) is 9.54. The molecule has 0 aromatic heterocycles. The molecule has 3 N–H and O–H groups in total. The third-order valence-electron chi connectivity index (χ3n) is 4.93. The van der Waals surface area contributed by atoms with Gasteiger partial charge in [-0.05, 0) is 43.7 Å². The van der Waals surface area contributed by atoms with E-state index in [1.165, 1.54) is 12.8 Å². The maximum atomic E-state index is 12.1. The lowest BCUT2D eigenvalue weighted by Gasteiger charge is -2.28. The number of amides is 1. The van der Waals surface area contributed by atoms with Crippen molar-refractivity contribution in [2.45, 2.75) is 50.3 Å². The summed E-state index contributed by atoms with van der Waals surface area (Å²) in [7, 11) is 0. The molecule has 5 nitrogen and oxygen atoms in total. The fourth-order valence-electron chi connectivity index (χ4n) is 3.75. The highest BCUT2D eigenvalue weighted by atomic mass is 35.5. The van der Waals surface area contributed by atoms with Gasteiger partial charge in [0.25, 0.3) is 0 Å². The van der Waals surface area contributed by atoms with Gasteiger partial charge in [-0.1, -0.05) is 29.3 Å². The van der Waals surface area contributed by atoms with Crippen LogP contribution in [0.4, 0.5) is 0 Å². The van der Waals surface area contributed by atoms with Crippen molar-refractivity contribution >= 4 is 29.1 Å². The Kier molecular flexibility index (Phi) is 6.44. The summed E-state index contributed by atoms with van der Waals surface area (Å²) in [5.74, 6) is 0.855. The fourth-order valence-corrected chi connectivity index (χ4v) is 4.09. The summed E-state index contributed by atoms with van der Waals surface area (Å²) in [6.45, 7) is 0.201. The van der Waals surface area contributed by atoms with Gasteiger partial charge in [-0.25, -0.2) is 0 Å². The summed E-state index contributed by atoms with van der Waals surface area (Å²) < 4.78 is 5.47. The number of rotatable bonds is 7. The van der Waals surface area contributed by atoms with E-state index in [0.29, 0.717) is 40.2 Å². The number of aliphatic hydroxyl groups is 1. The summed E-state index contributed by atoms with van der Waals surface area (Å²) >= 11 is 11.9. The maximum Gasteiger partial charge on any atom is 0.220 e. The predicted octanol–water partition coefficient (Wildman–Crippen LogP) is 2.77. The van der Waals surface area contributed by atoms with Gasteiger partial charge in [0.1, 0.15) is 23.5 Å². The molecule has 3 unspecified atom stereocenters. The number of carbonyl (C=O) groups excluding carboxylic acids is 1. The fraction of sp³-hybridized carbons (Fsp3) is 0.611. The predicted molar refractivity (Wildman–Crippen MR) is 98.3 cm³/mol. The van der Waals surface area contributed by atoms with Crippen LogP contribution in [0.5, 0.6) is 5.75 Å². The van der Waals surface area contributed by atoms with Gasteiger partial charge in [0, 0.05) is 25.0 Å². The van der Waals surface area contributed by atoms with Crippen LogP contribution in [0.25, 0.3) is 0 Å². The van der Waals surface area contributed by atoms with Gasteiger partial charge in [0.05, 0.1) is 5.02 Å². The molecular formula is C18H24Cl2N2O3. The normalized spacial score (nSPS) is 26.3. The van der Waals surface area contributed by atoms with Gasteiger partial charge in [0.2, 0.25) is 5.91 Å². The zero-order chi connectivity index (χ0) is 17.8. The molecule has 2 aliphatic rings. The van der Waals surface area contributed by atoms with Crippen LogP contribution in [0.1, 0.15) is 32.1 Å². The summed E-state index contributed by atoms with van der Waals surface area (Å²) in [5.41, 5.74) is 0. The van der Waals surface area contributed by atoms with Crippen LogP contribution in [0.2, 0.25) is 10.0 Å². The minimum absolute atomic E-state index is 0.00821. The van der Waals surface area contributed by atoms with E-state index in [-0.39, 0.29) is 19.1 Å². The maximum absolute atomic E-state index is 12.1. The lowest BCUT2D eigenvalue weighted by molar-refractivity contribution is -0.122. The molecule has 1 amide bonds. The van der Waals surface area contributed by atoms with Crippen molar-refractivity contribution in [3.8, 4) is 5.75 Å². The Morgan fingerprint density at radius 3 is 2.76 bits per heavy atom. The molecule has 7 heteroatoms. The van der Waals surface area contributed by atoms with E-state index in [1.807, 2.05) is 0 Å². The lowest BCUT2D eigenvalue weighted by atomic mass is 9.89. The molecule has 1 aromatic rings. The van der Waals surface area contributed by atoms with Crippen LogP contribution in [0.3, 0.4) is 0 Å². The summed E-state index contributed by atoms with van der Waals surface area (Å²) in [4.78, 5) is 12.1. The molecule has 2 fully saturated rings. The van der Waals surface area contributed by atoms with Crippen LogP contribution >= 0.6 is 23.2 Å². The summed E-state index contributed by atoms with van der Waals surface area (Å²) in [6.07, 6.45) is 4.33. The molecule has 0 radical (unpaired) electrons. The molecule has 0 saturated carbocycles. The number of piperidine rings is 1. The van der Waals surface area contributed by atoms with E-state index in [9.17, 15) is 9.90 Å². The second-order valence-corrected chi connectivity index (χ2v) is 7.79. The monoisotopic (exact) mass is 386 g/mol. The molecule has 0 spiro atoms. The average molecular weight is 387 g/mol. The standard InChI is InChI=1S/C18H24Cl2N2O3/c19-15-2-1-3-16(18(15)20)25-10-14(23)9-21-17(24)8-11-6-12-4-5-13(7-11)22-12/h1-3,11-14,22-23H,4-10H2,(H,21,24). The molecular weight excluding hydrogens is 363 g/mol. The van der Waals surface area contributed by atoms with Crippen molar-refractivity contribution in [3.05, 3.63) is 28.2 Å². The molecule has 1 aromatic carbocycles. The number of hydrogen-bond acceptors (Lipinski definition) is 4. The average Bonchev–Trinajstić information content (AvgIpc) is 2.93. The van der Waals surface area contributed by atoms with E-state index >= 15 is 0 Å². The minimum Gasteiger partial charge on any atom is -0.489 e. The number of nitrogens with one attached hydrogen (secondary N) is 2. The quantitative estimate of drug-likeness (QED) is 0.673. The Morgan fingerprint density at radius 2 is 2.04 bits per heavy atom. The second-order valence-electron chi connectivity index (χ2n) is 7.00. The second kappa shape index (κ2) is 8.58. The van der Waals surface area contributed by atoms with Crippen molar-refractivity contribution in [3.63, 3.8) is 0 Å². The van der Waals surface area contributed by atoms with Crippen LogP contribution in [0, 0.1) is 5.92 Å². The molecule has 138 valence electrons. The minimum atomic E-state index is -0.803. The molecule has 2 heterocycles. The van der Waals surface area contributed by atoms with Crippen molar-refractivity contribution in [1.82, 2.24) is 10.6 Å². The van der Waals surface area contributed by atoms with Crippen molar-refractivity contribution in [2.75, 3.05) is 13.2 Å². The molecule has 2 saturated heterocycles. The zero-order valence-electron chi connectivity index (χ0n) is 14.0. The van der Waals surface area contributed by atoms with Crippen molar-refractivity contribution in [1.29, 1.82) is 0 Å². The number of carbonyl (C=O) groups is 1. The van der Waals surface area contributed by atoms with Crippen molar-refractivity contribution < 1.29 is 14.6 Å². The molecule has 2 bridgehead atoms. The van der Waals surface area contributed by atoms with Gasteiger partial charge in [0.15, 0.2) is 0 Å². The molecule has 25 heavy (non-hydrogen) atoms. The molecule has 3 atom stereocenters. The molecule has 3 rings (SSSR count). The van der Waals surface area contributed by atoms with E-state index in [1.54, 1.807) is 18.2 Å². The number of ether oxygens (including phenoxy) is 1. The summed E-state index contributed by atoms with van der Waals surface area (Å²) in [6, 6.07) is 6.24. The Bertz CT molecular complexity index is 602. The van der Waals surface area contributed by atoms with E-state index in [4.69, 9.17) is 27.9 Å². The highest BCUT2D eigenvalue weighted by Gasteiger charge is 2.34. The van der Waals surface area contributed by atoms with E-state index in [0.717, 1.165) is 12.8 Å². The van der Waals surface area contributed by atoms with Gasteiger partial charge in [-0.3, -0.25) is 4.79 Å². The number of hydrogen-bond donors (Lipinski definition) is 3. The highest BCUT2D eigenvalue weighted by Crippen LogP contribution is 2.33. The van der Waals surface area contributed by atoms with Gasteiger partial charge < -0.3 is 20.5 Å². The number of benzene rings is 1. The van der Waals surface area contributed by atoms with Gasteiger partial charge >= 0.3 is 0 Å². The Morgan fingerprint density at radius 1 is 1.32 bits per heavy atom. The first-order valence-electron chi connectivity index (χ1n) is 8.79. The first-order chi connectivity index (χ1) is 12.0. The molecule has 2 aliphatic heterocycles. The zero-order valence-corrected chi connectivity index (χ0v) is 15.5. The van der Waals surface area contributed by atoms with Crippen LogP contribution in [-0.4, -0.2) is 42.4 Å². The van der Waals surface area contributed by atoms with E-state index < -0.39 is 6.10 Å².